The molecule has 0 aliphatic heterocycles. The molecular formula is C34H39FO5. The second kappa shape index (κ2) is 12.7. The minimum absolute atomic E-state index is 0.0270. The van der Waals surface area contributed by atoms with Crippen LogP contribution in [0.4, 0.5) is 4.39 Å². The predicted octanol–water partition coefficient (Wildman–Crippen LogP) is 8.34. The van der Waals surface area contributed by atoms with Crippen LogP contribution in [0.5, 0.6) is 11.5 Å². The smallest absolute Gasteiger partial charge is 0.303 e. The second-order valence-electron chi connectivity index (χ2n) is 11.2. The summed E-state index contributed by atoms with van der Waals surface area (Å²) < 4.78 is 32.6. The summed E-state index contributed by atoms with van der Waals surface area (Å²) in [7, 11) is 3.20. The van der Waals surface area contributed by atoms with Crippen molar-refractivity contribution in [1.82, 2.24) is 0 Å². The maximum absolute atomic E-state index is 15.1. The van der Waals surface area contributed by atoms with Crippen LogP contribution in [0.25, 0.3) is 11.1 Å². The number of carboxylic acid groups (broad SMARTS) is 1. The Kier molecular flexibility index (Phi) is 9.31. The summed E-state index contributed by atoms with van der Waals surface area (Å²) in [6, 6.07) is 18.3. The molecule has 0 radical (unpaired) electrons. The molecule has 1 aliphatic carbocycles. The number of carboxylic acids is 1. The first-order chi connectivity index (χ1) is 19.1. The summed E-state index contributed by atoms with van der Waals surface area (Å²) in [5, 5.41) is 9.44. The third kappa shape index (κ3) is 7.11. The summed E-state index contributed by atoms with van der Waals surface area (Å²) in [5.41, 5.74) is 3.41. The summed E-state index contributed by atoms with van der Waals surface area (Å²) in [6.45, 7) is 8.35. The van der Waals surface area contributed by atoms with Gasteiger partial charge in [0, 0.05) is 18.1 Å². The van der Waals surface area contributed by atoms with Gasteiger partial charge < -0.3 is 19.3 Å². The fourth-order valence-electron chi connectivity index (χ4n) is 5.27. The Labute approximate surface area is 236 Å². The van der Waals surface area contributed by atoms with E-state index >= 15 is 4.39 Å². The molecule has 0 spiro atoms. The molecular weight excluding hydrogens is 507 g/mol. The van der Waals surface area contributed by atoms with Crippen LogP contribution >= 0.6 is 0 Å². The Balaban J connectivity index is 1.64. The first kappa shape index (κ1) is 29.3. The molecule has 0 aromatic heterocycles. The molecule has 3 aromatic rings. The Morgan fingerprint density at radius 3 is 2.50 bits per heavy atom. The number of rotatable bonds is 14. The molecule has 0 unspecified atom stereocenters. The highest BCUT2D eigenvalue weighted by molar-refractivity contribution is 5.71. The molecule has 212 valence electrons. The molecule has 6 heteroatoms. The van der Waals surface area contributed by atoms with Gasteiger partial charge in [0.15, 0.2) is 0 Å². The van der Waals surface area contributed by atoms with E-state index in [4.69, 9.17) is 14.2 Å². The molecule has 4 rings (SSSR count). The minimum atomic E-state index is -0.785. The molecule has 0 amide bonds. The van der Waals surface area contributed by atoms with Gasteiger partial charge in [0.05, 0.1) is 19.6 Å². The number of halogens is 1. The van der Waals surface area contributed by atoms with Gasteiger partial charge in [-0.25, -0.2) is 4.39 Å². The largest absolute Gasteiger partial charge is 0.497 e. The van der Waals surface area contributed by atoms with Crippen LogP contribution in [0, 0.1) is 17.2 Å². The second-order valence-corrected chi connectivity index (χ2v) is 11.2. The van der Waals surface area contributed by atoms with Crippen molar-refractivity contribution in [1.29, 1.82) is 0 Å². The van der Waals surface area contributed by atoms with Crippen LogP contribution in [0.15, 0.2) is 73.3 Å². The number of carbonyl (C=O) groups is 1. The monoisotopic (exact) mass is 546 g/mol. The number of ether oxygens (including phenoxy) is 3. The molecule has 1 N–H and O–H groups in total. The van der Waals surface area contributed by atoms with Crippen LogP contribution < -0.4 is 9.47 Å². The molecule has 0 saturated heterocycles. The first-order valence-electron chi connectivity index (χ1n) is 13.7. The van der Waals surface area contributed by atoms with Gasteiger partial charge in [0.25, 0.3) is 0 Å². The van der Waals surface area contributed by atoms with Gasteiger partial charge >= 0.3 is 5.97 Å². The summed E-state index contributed by atoms with van der Waals surface area (Å²) in [6.07, 6.45) is 4.80. The number of methoxy groups -OCH3 is 2. The van der Waals surface area contributed by atoms with E-state index in [-0.39, 0.29) is 24.8 Å². The molecule has 0 bridgehead atoms. The molecule has 1 fully saturated rings. The fourth-order valence-corrected chi connectivity index (χ4v) is 5.27. The zero-order valence-electron chi connectivity index (χ0n) is 23.8. The molecule has 1 saturated carbocycles. The number of benzene rings is 3. The lowest BCUT2D eigenvalue weighted by Gasteiger charge is -2.32. The predicted molar refractivity (Wildman–Crippen MR) is 155 cm³/mol. The third-order valence-corrected chi connectivity index (χ3v) is 7.77. The lowest BCUT2D eigenvalue weighted by Crippen LogP contribution is -2.22. The van der Waals surface area contributed by atoms with E-state index in [9.17, 15) is 9.90 Å². The van der Waals surface area contributed by atoms with Gasteiger partial charge in [0.1, 0.15) is 23.9 Å². The van der Waals surface area contributed by atoms with E-state index in [1.54, 1.807) is 26.4 Å². The minimum Gasteiger partial charge on any atom is -0.497 e. The maximum Gasteiger partial charge on any atom is 0.303 e. The molecule has 0 heterocycles. The van der Waals surface area contributed by atoms with E-state index in [1.807, 2.05) is 62.4 Å². The SMILES string of the molecule is C=CC(C)(C)[C@H](OC)c1cc(COc2cccc([C@H](CC(=O)O)CC3CC3)c2)ccc1-c1cc(OC)ccc1F. The number of aliphatic carboxylic acids is 1. The van der Waals surface area contributed by atoms with Crippen LogP contribution in [-0.4, -0.2) is 25.3 Å². The Morgan fingerprint density at radius 1 is 1.07 bits per heavy atom. The van der Waals surface area contributed by atoms with Gasteiger partial charge in [-0.3, -0.25) is 4.79 Å². The highest BCUT2D eigenvalue weighted by Crippen LogP contribution is 2.43. The zero-order valence-corrected chi connectivity index (χ0v) is 23.8. The van der Waals surface area contributed by atoms with E-state index in [1.165, 1.54) is 18.9 Å². The molecule has 40 heavy (non-hydrogen) atoms. The average molecular weight is 547 g/mol. The van der Waals surface area contributed by atoms with Gasteiger partial charge in [-0.05, 0) is 76.9 Å². The maximum atomic E-state index is 15.1. The molecule has 2 atom stereocenters. The van der Waals surface area contributed by atoms with Crippen molar-refractivity contribution in [2.75, 3.05) is 14.2 Å². The highest BCUT2D eigenvalue weighted by atomic mass is 19.1. The lowest BCUT2D eigenvalue weighted by molar-refractivity contribution is -0.137. The van der Waals surface area contributed by atoms with Crippen LogP contribution in [0.1, 0.15) is 68.2 Å². The van der Waals surface area contributed by atoms with Crippen molar-refractivity contribution >= 4 is 5.97 Å². The standard InChI is InChI=1S/C34H39FO5/c1-6-34(2,3)33(39-5)30-17-23(12-14-28(30)29-20-26(38-4)13-15-31(29)35)21-40-27-9-7-8-24(18-27)25(19-32(36)37)16-22-10-11-22/h6-9,12-15,17-18,20,22,25,33H,1,10-11,16,19,21H2,2-5H3,(H,36,37)/t25-,33+/m0/s1. The zero-order chi connectivity index (χ0) is 28.9. The van der Waals surface area contributed by atoms with Gasteiger partial charge in [-0.1, -0.05) is 57.0 Å². The van der Waals surface area contributed by atoms with Crippen molar-refractivity contribution in [2.24, 2.45) is 11.3 Å². The van der Waals surface area contributed by atoms with Crippen molar-refractivity contribution in [3.8, 4) is 22.6 Å². The van der Waals surface area contributed by atoms with E-state index < -0.39 is 17.5 Å². The number of hydrogen-bond acceptors (Lipinski definition) is 4. The average Bonchev–Trinajstić information content (AvgIpc) is 3.76. The first-order valence-corrected chi connectivity index (χ1v) is 13.7. The van der Waals surface area contributed by atoms with E-state index in [0.717, 1.165) is 23.1 Å². The quantitative estimate of drug-likeness (QED) is 0.206. The molecule has 3 aromatic carbocycles. The van der Waals surface area contributed by atoms with Gasteiger partial charge in [-0.2, -0.15) is 0 Å². The van der Waals surface area contributed by atoms with Crippen molar-refractivity contribution < 1.29 is 28.5 Å². The number of hydrogen-bond donors (Lipinski definition) is 1. The molecule has 5 nitrogen and oxygen atoms in total. The van der Waals surface area contributed by atoms with E-state index in [0.29, 0.717) is 28.5 Å². The lowest BCUT2D eigenvalue weighted by atomic mass is 9.79. The Bertz CT molecular complexity index is 1340. The van der Waals surface area contributed by atoms with Gasteiger partial charge in [0.2, 0.25) is 0 Å². The summed E-state index contributed by atoms with van der Waals surface area (Å²) >= 11 is 0. The van der Waals surface area contributed by atoms with Gasteiger partial charge in [-0.15, -0.1) is 6.58 Å². The van der Waals surface area contributed by atoms with Crippen molar-refractivity contribution in [3.05, 3.63) is 95.8 Å². The fraction of sp³-hybridized carbons (Fsp3) is 0.382. The van der Waals surface area contributed by atoms with Crippen LogP contribution in [-0.2, 0) is 16.1 Å². The highest BCUT2D eigenvalue weighted by Gasteiger charge is 2.31. The van der Waals surface area contributed by atoms with Crippen LogP contribution in [0.2, 0.25) is 0 Å². The molecule has 1 aliphatic rings. The summed E-state index contributed by atoms with van der Waals surface area (Å²) in [5.74, 6) is 0.704. The van der Waals surface area contributed by atoms with Crippen LogP contribution in [0.3, 0.4) is 0 Å². The Morgan fingerprint density at radius 2 is 1.85 bits per heavy atom. The van der Waals surface area contributed by atoms with Crippen molar-refractivity contribution in [2.45, 2.75) is 58.2 Å². The Hall–Kier alpha value is -3.64. The van der Waals surface area contributed by atoms with Crippen molar-refractivity contribution in [3.63, 3.8) is 0 Å². The normalized spacial score (nSPS) is 14.8. The topological polar surface area (TPSA) is 65.0 Å². The third-order valence-electron chi connectivity index (χ3n) is 7.77. The van der Waals surface area contributed by atoms with E-state index in [2.05, 4.69) is 6.58 Å². The summed E-state index contributed by atoms with van der Waals surface area (Å²) in [4.78, 5) is 11.5.